The minimum atomic E-state index is -0.342. The van der Waals surface area contributed by atoms with Crippen molar-refractivity contribution < 1.29 is 14.3 Å². The summed E-state index contributed by atoms with van der Waals surface area (Å²) in [6, 6.07) is 14.8. The molecule has 0 spiro atoms. The van der Waals surface area contributed by atoms with Crippen LogP contribution in [0.1, 0.15) is 12.5 Å². The Morgan fingerprint density at radius 3 is 2.41 bits per heavy atom. The number of carbonyl (C=O) groups is 1. The number of ether oxygens (including phenoxy) is 2. The molecule has 0 aliphatic heterocycles. The number of esters is 1. The smallest absolute Gasteiger partial charge is 0.302 e. The van der Waals surface area contributed by atoms with E-state index in [0.717, 1.165) is 11.1 Å². The van der Waals surface area contributed by atoms with Crippen LogP contribution in [0.25, 0.3) is 11.1 Å². The largest absolute Gasteiger partial charge is 0.488 e. The lowest BCUT2D eigenvalue weighted by atomic mass is 10.0. The van der Waals surface area contributed by atoms with Crippen LogP contribution in [-0.2, 0) is 9.53 Å². The Balaban J connectivity index is 2.05. The molecule has 0 amide bonds. The number of halogens is 1. The van der Waals surface area contributed by atoms with Gasteiger partial charge in [-0.3, -0.25) is 4.79 Å². The van der Waals surface area contributed by atoms with Gasteiger partial charge in [0, 0.05) is 6.92 Å². The molecular weight excluding hydrogens is 302 g/mol. The molecule has 5 heteroatoms. The highest BCUT2D eigenvalue weighted by atomic mass is 35.5. The van der Waals surface area contributed by atoms with Crippen LogP contribution >= 0.6 is 11.6 Å². The standard InChI is InChI=1S/C17H14ClNO3/c1-12(20)21-8-9-22-17-7-6-15(10-16(17)18)14-4-2-13(11-19)3-5-14/h2-7,10H,8-9H2,1H3. The van der Waals surface area contributed by atoms with Crippen molar-refractivity contribution in [3.63, 3.8) is 0 Å². The molecule has 2 rings (SSSR count). The molecule has 0 heterocycles. The fourth-order valence-corrected chi connectivity index (χ4v) is 2.11. The van der Waals surface area contributed by atoms with E-state index in [9.17, 15) is 4.79 Å². The average Bonchev–Trinajstić information content (AvgIpc) is 2.52. The number of benzene rings is 2. The van der Waals surface area contributed by atoms with Crippen molar-refractivity contribution in [2.24, 2.45) is 0 Å². The van der Waals surface area contributed by atoms with Crippen LogP contribution in [0.4, 0.5) is 0 Å². The fourth-order valence-electron chi connectivity index (χ4n) is 1.87. The molecule has 22 heavy (non-hydrogen) atoms. The molecule has 0 unspecified atom stereocenters. The summed E-state index contributed by atoms with van der Waals surface area (Å²) in [5.41, 5.74) is 2.51. The molecule has 2 aromatic rings. The third-order valence-electron chi connectivity index (χ3n) is 2.93. The van der Waals surface area contributed by atoms with Crippen LogP contribution in [0.15, 0.2) is 42.5 Å². The first-order valence-corrected chi connectivity index (χ1v) is 7.04. The second-order valence-electron chi connectivity index (χ2n) is 4.52. The van der Waals surface area contributed by atoms with Crippen LogP contribution < -0.4 is 4.74 Å². The Morgan fingerprint density at radius 1 is 1.14 bits per heavy atom. The summed E-state index contributed by atoms with van der Waals surface area (Å²) >= 11 is 6.19. The molecule has 4 nitrogen and oxygen atoms in total. The lowest BCUT2D eigenvalue weighted by Crippen LogP contribution is -2.09. The Morgan fingerprint density at radius 2 is 1.82 bits per heavy atom. The SMILES string of the molecule is CC(=O)OCCOc1ccc(-c2ccc(C#N)cc2)cc1Cl. The van der Waals surface area contributed by atoms with E-state index >= 15 is 0 Å². The predicted octanol–water partition coefficient (Wildman–Crippen LogP) is 3.82. The highest BCUT2D eigenvalue weighted by molar-refractivity contribution is 6.32. The van der Waals surface area contributed by atoms with E-state index in [2.05, 4.69) is 6.07 Å². The van der Waals surface area contributed by atoms with E-state index < -0.39 is 0 Å². The van der Waals surface area contributed by atoms with E-state index in [1.54, 1.807) is 24.3 Å². The van der Waals surface area contributed by atoms with Crippen LogP contribution in [-0.4, -0.2) is 19.2 Å². The lowest BCUT2D eigenvalue weighted by Gasteiger charge is -2.10. The van der Waals surface area contributed by atoms with Crippen molar-refractivity contribution in [2.75, 3.05) is 13.2 Å². The molecule has 0 aromatic heterocycles. The van der Waals surface area contributed by atoms with Gasteiger partial charge in [-0.05, 0) is 35.4 Å². The molecule has 0 aliphatic carbocycles. The first-order valence-electron chi connectivity index (χ1n) is 6.66. The Labute approximate surface area is 133 Å². The van der Waals surface area contributed by atoms with Gasteiger partial charge in [-0.2, -0.15) is 5.26 Å². The third-order valence-corrected chi connectivity index (χ3v) is 3.22. The van der Waals surface area contributed by atoms with Crippen molar-refractivity contribution in [2.45, 2.75) is 6.92 Å². The Bertz CT molecular complexity index is 705. The number of hydrogen-bond donors (Lipinski definition) is 0. The summed E-state index contributed by atoms with van der Waals surface area (Å²) in [4.78, 5) is 10.6. The van der Waals surface area contributed by atoms with Crippen molar-refractivity contribution in [1.82, 2.24) is 0 Å². The zero-order valence-electron chi connectivity index (χ0n) is 12.0. The predicted molar refractivity (Wildman–Crippen MR) is 83.7 cm³/mol. The second-order valence-corrected chi connectivity index (χ2v) is 4.93. The monoisotopic (exact) mass is 315 g/mol. The summed E-state index contributed by atoms with van der Waals surface area (Å²) < 4.78 is 10.2. The van der Waals surface area contributed by atoms with Gasteiger partial charge in [0.15, 0.2) is 0 Å². The maximum Gasteiger partial charge on any atom is 0.302 e. The van der Waals surface area contributed by atoms with E-state index in [-0.39, 0.29) is 19.2 Å². The molecule has 0 radical (unpaired) electrons. The van der Waals surface area contributed by atoms with Crippen LogP contribution in [0, 0.1) is 11.3 Å². The van der Waals surface area contributed by atoms with Crippen LogP contribution in [0.5, 0.6) is 5.75 Å². The number of rotatable bonds is 5. The molecule has 0 N–H and O–H groups in total. The van der Waals surface area contributed by atoms with Crippen LogP contribution in [0.3, 0.4) is 0 Å². The molecule has 112 valence electrons. The molecule has 0 saturated heterocycles. The molecule has 2 aromatic carbocycles. The van der Waals surface area contributed by atoms with Crippen molar-refractivity contribution >= 4 is 17.6 Å². The molecule has 0 saturated carbocycles. The quantitative estimate of drug-likeness (QED) is 0.621. The van der Waals surface area contributed by atoms with Gasteiger partial charge >= 0.3 is 5.97 Å². The van der Waals surface area contributed by atoms with E-state index in [0.29, 0.717) is 16.3 Å². The van der Waals surface area contributed by atoms with Gasteiger partial charge in [0.1, 0.15) is 19.0 Å². The molecule has 0 bridgehead atoms. The van der Waals surface area contributed by atoms with Crippen molar-refractivity contribution in [1.29, 1.82) is 5.26 Å². The van der Waals surface area contributed by atoms with Crippen molar-refractivity contribution in [3.05, 3.63) is 53.1 Å². The van der Waals surface area contributed by atoms with Gasteiger partial charge in [-0.15, -0.1) is 0 Å². The van der Waals surface area contributed by atoms with E-state index in [1.165, 1.54) is 6.92 Å². The fraction of sp³-hybridized carbons (Fsp3) is 0.176. The summed E-state index contributed by atoms with van der Waals surface area (Å²) in [6.07, 6.45) is 0. The van der Waals surface area contributed by atoms with Gasteiger partial charge in [0.25, 0.3) is 0 Å². The summed E-state index contributed by atoms with van der Waals surface area (Å²) in [5, 5.41) is 9.27. The lowest BCUT2D eigenvalue weighted by molar-refractivity contribution is -0.141. The second kappa shape index (κ2) is 7.48. The summed E-state index contributed by atoms with van der Waals surface area (Å²) in [6.45, 7) is 1.78. The number of hydrogen-bond acceptors (Lipinski definition) is 4. The Hall–Kier alpha value is -2.51. The highest BCUT2D eigenvalue weighted by Crippen LogP contribution is 2.30. The van der Waals surface area contributed by atoms with E-state index in [4.69, 9.17) is 26.3 Å². The zero-order valence-corrected chi connectivity index (χ0v) is 12.8. The van der Waals surface area contributed by atoms with Gasteiger partial charge in [-0.25, -0.2) is 0 Å². The first kappa shape index (κ1) is 15.9. The minimum absolute atomic E-state index is 0.184. The van der Waals surface area contributed by atoms with E-state index in [1.807, 2.05) is 18.2 Å². The molecule has 0 fully saturated rings. The number of nitriles is 1. The van der Waals surface area contributed by atoms with Gasteiger partial charge in [0.2, 0.25) is 0 Å². The molecular formula is C17H14ClNO3. The zero-order chi connectivity index (χ0) is 15.9. The summed E-state index contributed by atoms with van der Waals surface area (Å²) in [5.74, 6) is 0.192. The van der Waals surface area contributed by atoms with Gasteiger partial charge < -0.3 is 9.47 Å². The normalized spacial score (nSPS) is 9.86. The topological polar surface area (TPSA) is 59.3 Å². The molecule has 0 aliphatic rings. The van der Waals surface area contributed by atoms with Gasteiger partial charge in [0.05, 0.1) is 16.7 Å². The molecule has 0 atom stereocenters. The Kier molecular flexibility index (Phi) is 5.40. The minimum Gasteiger partial charge on any atom is -0.488 e. The number of carbonyl (C=O) groups excluding carboxylic acids is 1. The third kappa shape index (κ3) is 4.24. The van der Waals surface area contributed by atoms with Crippen molar-refractivity contribution in [3.8, 4) is 22.9 Å². The highest BCUT2D eigenvalue weighted by Gasteiger charge is 2.05. The average molecular weight is 316 g/mol. The van der Waals surface area contributed by atoms with Crippen LogP contribution in [0.2, 0.25) is 5.02 Å². The maximum absolute atomic E-state index is 10.6. The first-order chi connectivity index (χ1) is 10.6. The van der Waals surface area contributed by atoms with Gasteiger partial charge in [-0.1, -0.05) is 29.8 Å². The number of nitrogens with zero attached hydrogens (tertiary/aromatic N) is 1. The summed E-state index contributed by atoms with van der Waals surface area (Å²) in [7, 11) is 0. The maximum atomic E-state index is 10.6.